The van der Waals surface area contributed by atoms with Gasteiger partial charge in [-0.2, -0.15) is 0 Å². The van der Waals surface area contributed by atoms with Crippen LogP contribution in [-0.2, 0) is 32.8 Å². The number of fused-ring (bicyclic) bond motifs is 7. The standard InChI is InChI=1S/C49H44N6O7/c1-24(2)39(55-48(58)59-23-26-10-6-5-7-11-26)35(56)20-28-18-27-16-17-36-33(19-27)49-32-14-8-13-30(41(32)54-47(49)61-36)29-12-9-15-34-38(29)31(21-50-34)37-22-51-45(60-37)42-43(49)62-46(53-42)40(25(3)4)52-44(28)57/h5-17,19,21-22,24-25,28,39-40,47,50,54H,18,20,23H2,1-4H3,(H,52,57)(H,55,58)/t28-,39+,40+,47+,49?/m1/s1. The van der Waals surface area contributed by atoms with E-state index in [4.69, 9.17) is 28.3 Å². The summed E-state index contributed by atoms with van der Waals surface area (Å²) >= 11 is 0. The Bertz CT molecular complexity index is 2950. The lowest BCUT2D eigenvalue weighted by Gasteiger charge is -2.29. The number of H-pyrrole nitrogens is 1. The Morgan fingerprint density at radius 3 is 2.56 bits per heavy atom. The van der Waals surface area contributed by atoms with Gasteiger partial charge in [-0.25, -0.2) is 14.8 Å². The molecule has 4 N–H and O–H groups in total. The average Bonchev–Trinajstić information content (AvgIpc) is 4.10. The molecule has 11 rings (SSSR count). The predicted octanol–water partition coefficient (Wildman–Crippen LogP) is 8.83. The van der Waals surface area contributed by atoms with Gasteiger partial charge in [-0.3, -0.25) is 9.59 Å². The molecule has 62 heavy (non-hydrogen) atoms. The smallest absolute Gasteiger partial charge is 0.408 e. The maximum Gasteiger partial charge on any atom is 0.408 e. The van der Waals surface area contributed by atoms with Crippen molar-refractivity contribution >= 4 is 34.4 Å². The lowest BCUT2D eigenvalue weighted by Crippen LogP contribution is -2.46. The number of nitrogens with zero attached hydrogens (tertiary/aromatic N) is 2. The van der Waals surface area contributed by atoms with Crippen LogP contribution in [0.3, 0.4) is 0 Å². The summed E-state index contributed by atoms with van der Waals surface area (Å²) in [6.45, 7) is 7.75. The Hall–Kier alpha value is -7.15. The maximum absolute atomic E-state index is 14.7. The molecule has 312 valence electrons. The minimum absolute atomic E-state index is 0.0597. The number of hydrogen-bond donors (Lipinski definition) is 4. The summed E-state index contributed by atoms with van der Waals surface area (Å²) in [6, 6.07) is 26.2. The number of benzene rings is 4. The fourth-order valence-corrected chi connectivity index (χ4v) is 9.85. The van der Waals surface area contributed by atoms with Gasteiger partial charge in [0.2, 0.25) is 17.7 Å². The van der Waals surface area contributed by atoms with E-state index in [2.05, 4.69) is 51.3 Å². The first-order chi connectivity index (χ1) is 30.1. The molecule has 0 radical (unpaired) electrons. The van der Waals surface area contributed by atoms with Crippen molar-refractivity contribution in [1.29, 1.82) is 0 Å². The van der Waals surface area contributed by atoms with Gasteiger partial charge in [0.25, 0.3) is 0 Å². The number of rotatable bonds is 8. The number of anilines is 1. The Kier molecular flexibility index (Phi) is 8.67. The van der Waals surface area contributed by atoms with Crippen LogP contribution in [0.2, 0.25) is 0 Å². The number of ether oxygens (including phenoxy) is 2. The van der Waals surface area contributed by atoms with E-state index in [1.54, 1.807) is 6.20 Å². The van der Waals surface area contributed by atoms with E-state index in [1.165, 1.54) is 0 Å². The molecule has 1 unspecified atom stereocenters. The summed E-state index contributed by atoms with van der Waals surface area (Å²) in [5, 5.41) is 10.8. The van der Waals surface area contributed by atoms with Gasteiger partial charge in [-0.15, -0.1) is 0 Å². The minimum Gasteiger partial charge on any atom is -0.469 e. The van der Waals surface area contributed by atoms with Crippen molar-refractivity contribution in [2.24, 2.45) is 17.8 Å². The number of nitrogens with one attached hydrogen (secondary N) is 4. The highest BCUT2D eigenvalue weighted by atomic mass is 16.5. The minimum atomic E-state index is -1.08. The summed E-state index contributed by atoms with van der Waals surface area (Å²) in [4.78, 5) is 55.4. The molecule has 4 aliphatic rings. The van der Waals surface area contributed by atoms with Crippen molar-refractivity contribution in [2.75, 3.05) is 5.32 Å². The number of oxazole rings is 2. The predicted molar refractivity (Wildman–Crippen MR) is 230 cm³/mol. The number of hydrogen-bond acceptors (Lipinski definition) is 10. The monoisotopic (exact) mass is 828 g/mol. The van der Waals surface area contributed by atoms with E-state index in [-0.39, 0.29) is 54.8 Å². The third kappa shape index (κ3) is 5.78. The molecule has 5 atom stereocenters. The van der Waals surface area contributed by atoms with E-state index in [1.807, 2.05) is 88.5 Å². The molecule has 0 saturated carbocycles. The number of carbonyl (C=O) groups is 3. The molecule has 0 aliphatic carbocycles. The second-order valence-corrected chi connectivity index (χ2v) is 17.4. The van der Waals surface area contributed by atoms with Gasteiger partial charge in [0, 0.05) is 57.4 Å². The Morgan fingerprint density at radius 2 is 1.74 bits per heavy atom. The molecular weight excluding hydrogens is 785 g/mol. The second kappa shape index (κ2) is 14.2. The summed E-state index contributed by atoms with van der Waals surface area (Å²) in [6.07, 6.45) is 2.39. The second-order valence-electron chi connectivity index (χ2n) is 17.4. The summed E-state index contributed by atoms with van der Waals surface area (Å²) in [7, 11) is 0. The van der Waals surface area contributed by atoms with Crippen molar-refractivity contribution in [3.05, 3.63) is 131 Å². The van der Waals surface area contributed by atoms with Crippen LogP contribution in [0.4, 0.5) is 10.5 Å². The van der Waals surface area contributed by atoms with Crippen LogP contribution in [-0.4, -0.2) is 45.0 Å². The van der Waals surface area contributed by atoms with E-state index in [9.17, 15) is 14.4 Å². The van der Waals surface area contributed by atoms with E-state index >= 15 is 0 Å². The number of para-hydroxylation sites is 1. The first kappa shape index (κ1) is 37.8. The normalized spacial score (nSPS) is 20.7. The van der Waals surface area contributed by atoms with Crippen LogP contribution >= 0.6 is 0 Å². The van der Waals surface area contributed by atoms with E-state index in [0.29, 0.717) is 23.0 Å². The fraction of sp³-hybridized carbons (Fsp3) is 0.286. The number of alkyl carbamates (subject to hydrolysis) is 1. The maximum atomic E-state index is 14.7. The molecule has 4 aromatic carbocycles. The zero-order valence-electron chi connectivity index (χ0n) is 34.6. The van der Waals surface area contributed by atoms with Gasteiger partial charge in [0.05, 0.1) is 12.2 Å². The topological polar surface area (TPSA) is 174 Å². The first-order valence-electron chi connectivity index (χ1n) is 21.2. The SMILES string of the molecule is CC(C)[C@H](NC(=O)OCc1ccccc1)C(=O)C[C@H]1Cc2ccc3c(c2)C24c5cccc(c5N[C@H]2O3)-c2cccc3[nH]cc(c23)-c2cnc(o2)-c2nc(oc24)[C@H](C(C)C)NC1=O. The molecule has 0 fully saturated rings. The van der Waals surface area contributed by atoms with Gasteiger partial charge in [-0.05, 0) is 47.1 Å². The third-order valence-corrected chi connectivity index (χ3v) is 12.9. The van der Waals surface area contributed by atoms with Gasteiger partial charge < -0.3 is 39.2 Å². The van der Waals surface area contributed by atoms with Gasteiger partial charge >= 0.3 is 6.09 Å². The molecule has 1 spiro atoms. The number of ketones is 1. The summed E-state index contributed by atoms with van der Waals surface area (Å²) < 4.78 is 26.1. The van der Waals surface area contributed by atoms with E-state index < -0.39 is 35.7 Å². The molecule has 7 aromatic rings. The van der Waals surface area contributed by atoms with Gasteiger partial charge in [0.1, 0.15) is 23.8 Å². The van der Waals surface area contributed by atoms with Crippen LogP contribution in [0.1, 0.15) is 74.1 Å². The lowest BCUT2D eigenvalue weighted by atomic mass is 9.72. The summed E-state index contributed by atoms with van der Waals surface area (Å²) in [5.74, 6) is 0.341. The van der Waals surface area contributed by atoms with Crippen LogP contribution in [0, 0.1) is 17.8 Å². The van der Waals surface area contributed by atoms with Crippen molar-refractivity contribution in [3.63, 3.8) is 0 Å². The Morgan fingerprint density at radius 1 is 0.919 bits per heavy atom. The quantitative estimate of drug-likeness (QED) is 0.116. The van der Waals surface area contributed by atoms with Crippen molar-refractivity contribution in [3.8, 4) is 39.8 Å². The first-order valence-corrected chi connectivity index (χ1v) is 21.2. The number of amides is 2. The van der Waals surface area contributed by atoms with Gasteiger partial charge in [0.15, 0.2) is 29.2 Å². The largest absolute Gasteiger partial charge is 0.469 e. The lowest BCUT2D eigenvalue weighted by molar-refractivity contribution is -0.131. The average molecular weight is 829 g/mol. The Balaban J connectivity index is 1.05. The van der Waals surface area contributed by atoms with Crippen LogP contribution in [0.5, 0.6) is 5.75 Å². The van der Waals surface area contributed by atoms with Gasteiger partial charge in [-0.1, -0.05) is 100 Å². The number of aromatic nitrogens is 3. The third-order valence-electron chi connectivity index (χ3n) is 12.9. The number of Topliss-reactive ketones (excluding diaryl/α,β-unsaturated/α-hetero) is 1. The molecule has 7 heterocycles. The zero-order valence-corrected chi connectivity index (χ0v) is 34.6. The van der Waals surface area contributed by atoms with E-state index in [0.717, 1.165) is 55.5 Å². The van der Waals surface area contributed by atoms with Crippen molar-refractivity contribution < 1.29 is 32.7 Å². The molecule has 0 saturated heterocycles. The highest BCUT2D eigenvalue weighted by Gasteiger charge is 2.61. The molecule has 3 aromatic heterocycles. The summed E-state index contributed by atoms with van der Waals surface area (Å²) in [5.41, 5.74) is 7.42. The molecule has 2 amide bonds. The molecule has 4 aliphatic heterocycles. The van der Waals surface area contributed by atoms with Crippen molar-refractivity contribution in [2.45, 2.75) is 70.9 Å². The number of aromatic amines is 1. The zero-order chi connectivity index (χ0) is 42.4. The van der Waals surface area contributed by atoms with Crippen LogP contribution < -0.4 is 20.7 Å². The van der Waals surface area contributed by atoms with Crippen molar-refractivity contribution in [1.82, 2.24) is 25.6 Å². The highest BCUT2D eigenvalue weighted by molar-refractivity contribution is 6.07. The molecule has 10 bridgehead atoms. The fourth-order valence-electron chi connectivity index (χ4n) is 9.85. The molecule has 13 nitrogen and oxygen atoms in total. The number of carbonyl (C=O) groups excluding carboxylic acids is 3. The molecule has 13 heteroatoms. The molecular formula is C49H44N6O7. The van der Waals surface area contributed by atoms with Crippen LogP contribution in [0.15, 0.2) is 106 Å². The van der Waals surface area contributed by atoms with Crippen LogP contribution in [0.25, 0.3) is 44.9 Å². The highest BCUT2D eigenvalue weighted by Crippen LogP contribution is 2.61. The Labute approximate surface area is 356 Å².